The van der Waals surface area contributed by atoms with Gasteiger partial charge in [0.2, 0.25) is 5.91 Å². The summed E-state index contributed by atoms with van der Waals surface area (Å²) in [5.74, 6) is 0.532. The number of amides is 1. The van der Waals surface area contributed by atoms with Gasteiger partial charge in [0, 0.05) is 30.1 Å². The van der Waals surface area contributed by atoms with Gasteiger partial charge >= 0.3 is 5.97 Å². The van der Waals surface area contributed by atoms with Crippen LogP contribution in [0.5, 0.6) is 0 Å². The SMILES string of the molecule is COC(=O)c1ccc(Cl)cc1CC[C@@H]1CCC[C@@H]1NC(=O)C1CCN(c2ccc(F)cn2)CC1. The minimum atomic E-state index is -0.356. The van der Waals surface area contributed by atoms with Crippen molar-refractivity contribution >= 4 is 29.3 Å². The summed E-state index contributed by atoms with van der Waals surface area (Å²) >= 11 is 6.17. The zero-order chi connectivity index (χ0) is 24.1. The fraction of sp³-hybridized carbons (Fsp3) is 0.500. The predicted octanol–water partition coefficient (Wildman–Crippen LogP) is 4.79. The van der Waals surface area contributed by atoms with Crippen molar-refractivity contribution in [2.24, 2.45) is 11.8 Å². The molecule has 0 radical (unpaired) electrons. The summed E-state index contributed by atoms with van der Waals surface area (Å²) in [4.78, 5) is 31.4. The van der Waals surface area contributed by atoms with Crippen molar-refractivity contribution in [3.8, 4) is 0 Å². The molecule has 34 heavy (non-hydrogen) atoms. The van der Waals surface area contributed by atoms with Gasteiger partial charge in [-0.05, 0) is 80.3 Å². The lowest BCUT2D eigenvalue weighted by atomic mass is 9.91. The van der Waals surface area contributed by atoms with Crippen LogP contribution in [0.4, 0.5) is 10.2 Å². The Morgan fingerprint density at radius 1 is 1.18 bits per heavy atom. The molecule has 0 unspecified atom stereocenters. The zero-order valence-corrected chi connectivity index (χ0v) is 20.2. The molecule has 2 atom stereocenters. The van der Waals surface area contributed by atoms with Crippen molar-refractivity contribution in [2.75, 3.05) is 25.1 Å². The molecule has 1 saturated carbocycles. The van der Waals surface area contributed by atoms with Crippen molar-refractivity contribution in [1.82, 2.24) is 10.3 Å². The monoisotopic (exact) mass is 487 g/mol. The number of rotatable bonds is 7. The van der Waals surface area contributed by atoms with E-state index in [1.165, 1.54) is 19.4 Å². The van der Waals surface area contributed by atoms with Crippen LogP contribution in [0.15, 0.2) is 36.5 Å². The maximum absolute atomic E-state index is 13.1. The number of aromatic nitrogens is 1. The number of carbonyl (C=O) groups is 2. The number of hydrogen-bond acceptors (Lipinski definition) is 5. The fourth-order valence-electron chi connectivity index (χ4n) is 5.22. The van der Waals surface area contributed by atoms with Crippen molar-refractivity contribution in [3.63, 3.8) is 0 Å². The quantitative estimate of drug-likeness (QED) is 0.568. The summed E-state index contributed by atoms with van der Waals surface area (Å²) in [7, 11) is 1.38. The minimum absolute atomic E-state index is 0.0168. The maximum Gasteiger partial charge on any atom is 0.338 e. The number of pyridine rings is 1. The second-order valence-electron chi connectivity index (χ2n) is 9.23. The second kappa shape index (κ2) is 11.2. The van der Waals surface area contributed by atoms with Gasteiger partial charge in [0.05, 0.1) is 18.9 Å². The first kappa shape index (κ1) is 24.5. The molecule has 1 aromatic carbocycles. The molecule has 8 heteroatoms. The predicted molar refractivity (Wildman–Crippen MR) is 130 cm³/mol. The number of nitrogens with one attached hydrogen (secondary N) is 1. The molecule has 1 aromatic heterocycles. The van der Waals surface area contributed by atoms with Gasteiger partial charge < -0.3 is 15.0 Å². The van der Waals surface area contributed by atoms with Crippen LogP contribution < -0.4 is 10.2 Å². The first-order valence-electron chi connectivity index (χ1n) is 12.0. The number of anilines is 1. The molecular weight excluding hydrogens is 457 g/mol. The molecule has 1 saturated heterocycles. The van der Waals surface area contributed by atoms with E-state index in [2.05, 4.69) is 15.2 Å². The Hall–Kier alpha value is -2.67. The average Bonchev–Trinajstić information content (AvgIpc) is 3.29. The van der Waals surface area contributed by atoms with Crippen LogP contribution in [0.3, 0.4) is 0 Å². The van der Waals surface area contributed by atoms with Crippen molar-refractivity contribution in [3.05, 3.63) is 58.5 Å². The van der Waals surface area contributed by atoms with E-state index >= 15 is 0 Å². The Morgan fingerprint density at radius 3 is 2.68 bits per heavy atom. The third kappa shape index (κ3) is 5.87. The van der Waals surface area contributed by atoms with Gasteiger partial charge in [-0.25, -0.2) is 14.2 Å². The lowest BCUT2D eigenvalue weighted by molar-refractivity contribution is -0.126. The molecule has 2 fully saturated rings. The van der Waals surface area contributed by atoms with Crippen LogP contribution in [0.2, 0.25) is 5.02 Å². The minimum Gasteiger partial charge on any atom is -0.465 e. The molecule has 2 aliphatic rings. The summed E-state index contributed by atoms with van der Waals surface area (Å²) < 4.78 is 18.0. The lowest BCUT2D eigenvalue weighted by Gasteiger charge is -2.33. The molecular formula is C26H31ClFN3O3. The highest BCUT2D eigenvalue weighted by Gasteiger charge is 2.32. The number of aryl methyl sites for hydroxylation is 1. The second-order valence-corrected chi connectivity index (χ2v) is 9.67. The van der Waals surface area contributed by atoms with Gasteiger partial charge in [0.15, 0.2) is 0 Å². The molecule has 4 rings (SSSR count). The van der Waals surface area contributed by atoms with Crippen LogP contribution >= 0.6 is 11.6 Å². The number of methoxy groups -OCH3 is 1. The van der Waals surface area contributed by atoms with E-state index in [-0.39, 0.29) is 29.7 Å². The first-order valence-corrected chi connectivity index (χ1v) is 12.4. The molecule has 2 heterocycles. The highest BCUT2D eigenvalue weighted by molar-refractivity contribution is 6.30. The molecule has 6 nitrogen and oxygen atoms in total. The number of piperidine rings is 1. The average molecular weight is 488 g/mol. The third-order valence-electron chi connectivity index (χ3n) is 7.15. The van der Waals surface area contributed by atoms with Crippen molar-refractivity contribution in [2.45, 2.75) is 51.0 Å². The number of benzene rings is 1. The Morgan fingerprint density at radius 2 is 1.97 bits per heavy atom. The largest absolute Gasteiger partial charge is 0.465 e. The van der Waals surface area contributed by atoms with E-state index in [0.29, 0.717) is 22.9 Å². The van der Waals surface area contributed by atoms with Gasteiger partial charge in [0.1, 0.15) is 11.6 Å². The van der Waals surface area contributed by atoms with Gasteiger partial charge in [0.25, 0.3) is 0 Å². The molecule has 2 aromatic rings. The molecule has 1 amide bonds. The van der Waals surface area contributed by atoms with Crippen LogP contribution in [-0.4, -0.2) is 43.1 Å². The zero-order valence-electron chi connectivity index (χ0n) is 19.4. The lowest BCUT2D eigenvalue weighted by Crippen LogP contribution is -2.45. The van der Waals surface area contributed by atoms with E-state index < -0.39 is 0 Å². The number of carbonyl (C=O) groups excluding carboxylic acids is 2. The van der Waals surface area contributed by atoms with Crippen LogP contribution in [0, 0.1) is 17.7 Å². The normalized spacial score (nSPS) is 20.9. The van der Waals surface area contributed by atoms with Crippen LogP contribution in [-0.2, 0) is 16.0 Å². The topological polar surface area (TPSA) is 71.5 Å². The first-order chi connectivity index (χ1) is 16.4. The Kier molecular flexibility index (Phi) is 8.03. The summed E-state index contributed by atoms with van der Waals surface area (Å²) in [5, 5.41) is 3.91. The van der Waals surface area contributed by atoms with E-state index in [9.17, 15) is 14.0 Å². The Labute approximate surface area is 204 Å². The number of esters is 1. The van der Waals surface area contributed by atoms with Gasteiger partial charge in [-0.2, -0.15) is 0 Å². The van der Waals surface area contributed by atoms with E-state index in [1.807, 2.05) is 6.07 Å². The molecule has 182 valence electrons. The molecule has 0 spiro atoms. The van der Waals surface area contributed by atoms with Crippen molar-refractivity contribution < 1.29 is 18.7 Å². The molecule has 1 aliphatic carbocycles. The molecule has 1 N–H and O–H groups in total. The molecule has 1 aliphatic heterocycles. The van der Waals surface area contributed by atoms with E-state index in [4.69, 9.17) is 16.3 Å². The summed E-state index contributed by atoms with van der Waals surface area (Å²) in [5.41, 5.74) is 1.44. The van der Waals surface area contributed by atoms with Gasteiger partial charge in [-0.1, -0.05) is 18.0 Å². The summed E-state index contributed by atoms with van der Waals surface area (Å²) in [6.07, 6.45) is 7.47. The third-order valence-corrected chi connectivity index (χ3v) is 7.38. The van der Waals surface area contributed by atoms with Gasteiger partial charge in [-0.15, -0.1) is 0 Å². The smallest absolute Gasteiger partial charge is 0.338 e. The fourth-order valence-corrected chi connectivity index (χ4v) is 5.41. The van der Waals surface area contributed by atoms with Crippen LogP contribution in [0.25, 0.3) is 0 Å². The number of ether oxygens (including phenoxy) is 1. The number of halogens is 2. The number of hydrogen-bond donors (Lipinski definition) is 1. The Bertz CT molecular complexity index is 1010. The maximum atomic E-state index is 13.1. The highest BCUT2D eigenvalue weighted by Crippen LogP contribution is 2.32. The van der Waals surface area contributed by atoms with Crippen LogP contribution in [0.1, 0.15) is 54.4 Å². The summed E-state index contributed by atoms with van der Waals surface area (Å²) in [6.45, 7) is 1.46. The van der Waals surface area contributed by atoms with E-state index in [0.717, 1.165) is 63.0 Å². The number of nitrogens with zero attached hydrogens (tertiary/aromatic N) is 2. The van der Waals surface area contributed by atoms with Crippen molar-refractivity contribution in [1.29, 1.82) is 0 Å². The molecule has 0 bridgehead atoms. The Balaban J connectivity index is 1.30. The van der Waals surface area contributed by atoms with E-state index in [1.54, 1.807) is 18.2 Å². The standard InChI is InChI=1S/C26H31ClFN3O3/c1-34-26(33)22-9-7-20(27)15-19(22)6-5-17-3-2-4-23(17)30-25(32)18-11-13-31(14-12-18)24-10-8-21(28)16-29-24/h7-10,15-18,23H,2-6,11-14H2,1H3,(H,30,32)/t17-,23-/m0/s1. The summed E-state index contributed by atoms with van der Waals surface area (Å²) in [6, 6.07) is 8.51. The highest BCUT2D eigenvalue weighted by atomic mass is 35.5. The van der Waals surface area contributed by atoms with Gasteiger partial charge in [-0.3, -0.25) is 4.79 Å².